The Hall–Kier alpha value is -2.24. The molecule has 0 saturated heterocycles. The van der Waals surface area contributed by atoms with Gasteiger partial charge in [-0.25, -0.2) is 0 Å². The van der Waals surface area contributed by atoms with Crippen molar-refractivity contribution in [3.8, 4) is 11.5 Å². The molecule has 19 heavy (non-hydrogen) atoms. The molecule has 1 aromatic carbocycles. The van der Waals surface area contributed by atoms with Gasteiger partial charge in [0.2, 0.25) is 5.91 Å². The van der Waals surface area contributed by atoms with Crippen molar-refractivity contribution in [2.75, 3.05) is 19.5 Å². The topological polar surface area (TPSA) is 87.7 Å². The van der Waals surface area contributed by atoms with Crippen LogP contribution in [0.3, 0.4) is 0 Å². The number of nitrogens with one attached hydrogen (secondary N) is 1. The number of methoxy groups -OCH3 is 2. The highest BCUT2D eigenvalue weighted by molar-refractivity contribution is 6.01. The molecule has 0 radical (unpaired) electrons. The quantitative estimate of drug-likeness (QED) is 0.846. The smallest absolute Gasteiger partial charge is 0.226 e. The van der Waals surface area contributed by atoms with Gasteiger partial charge >= 0.3 is 0 Å². The molecule has 6 nitrogen and oxygen atoms in total. The van der Waals surface area contributed by atoms with Gasteiger partial charge in [0, 0.05) is 17.5 Å². The van der Waals surface area contributed by atoms with Gasteiger partial charge in [-0.2, -0.15) is 0 Å². The van der Waals surface area contributed by atoms with E-state index in [0.717, 1.165) is 0 Å². The molecule has 6 heteroatoms. The molecule has 1 aromatic rings. The summed E-state index contributed by atoms with van der Waals surface area (Å²) in [5, 5.41) is 13.6. The second-order valence-corrected chi connectivity index (χ2v) is 4.18. The van der Waals surface area contributed by atoms with Crippen LogP contribution in [-0.4, -0.2) is 26.1 Å². The number of carboxylic acid groups (broad SMARTS) is 1. The van der Waals surface area contributed by atoms with Crippen LogP contribution in [-0.2, 0) is 4.79 Å². The summed E-state index contributed by atoms with van der Waals surface area (Å²) in [6.45, 7) is 3.41. The third-order valence-corrected chi connectivity index (χ3v) is 2.53. The lowest BCUT2D eigenvalue weighted by atomic mass is 10.1. The Labute approximate surface area is 111 Å². The highest BCUT2D eigenvalue weighted by atomic mass is 16.5. The first kappa shape index (κ1) is 14.8. The van der Waals surface area contributed by atoms with Crippen LogP contribution in [0, 0.1) is 5.92 Å². The molecule has 104 valence electrons. The molecule has 1 N–H and O–H groups in total. The fourth-order valence-electron chi connectivity index (χ4n) is 1.43. The maximum atomic E-state index is 11.6. The second kappa shape index (κ2) is 6.08. The van der Waals surface area contributed by atoms with E-state index in [-0.39, 0.29) is 28.8 Å². The van der Waals surface area contributed by atoms with Crippen LogP contribution in [0.25, 0.3) is 0 Å². The highest BCUT2D eigenvalue weighted by Crippen LogP contribution is 2.33. The Morgan fingerprint density at radius 2 is 1.68 bits per heavy atom. The number of carboxylic acids is 1. The Bertz CT molecular complexity index is 496. The van der Waals surface area contributed by atoms with Gasteiger partial charge in [0.05, 0.1) is 25.9 Å². The first-order valence-corrected chi connectivity index (χ1v) is 5.69. The lowest BCUT2D eigenvalue weighted by Crippen LogP contribution is -2.26. The van der Waals surface area contributed by atoms with Crippen LogP contribution in [0.1, 0.15) is 24.2 Å². The van der Waals surface area contributed by atoms with Gasteiger partial charge in [0.15, 0.2) is 11.5 Å². The van der Waals surface area contributed by atoms with Crippen molar-refractivity contribution in [3.63, 3.8) is 0 Å². The largest absolute Gasteiger partial charge is 0.545 e. The summed E-state index contributed by atoms with van der Waals surface area (Å²) in [6, 6.07) is 2.65. The van der Waals surface area contributed by atoms with Crippen molar-refractivity contribution < 1.29 is 24.2 Å². The molecule has 1 rings (SSSR count). The maximum absolute atomic E-state index is 11.6. The molecule has 0 aromatic heterocycles. The SMILES string of the molecule is COc1cc(NC(=O)C(C)C)c(C(=O)[O-])cc1OC. The standard InChI is InChI=1S/C13H17NO5/c1-7(2)12(15)14-9-6-11(19-4)10(18-3)5-8(9)13(16)17/h5-7H,1-4H3,(H,14,15)(H,16,17)/p-1. The average molecular weight is 266 g/mol. The van der Waals surface area contributed by atoms with E-state index in [1.165, 1.54) is 26.4 Å². The number of hydrogen-bond donors (Lipinski definition) is 1. The minimum absolute atomic E-state index is 0.122. The van der Waals surface area contributed by atoms with E-state index in [1.807, 2.05) is 0 Å². The molecule has 0 saturated carbocycles. The van der Waals surface area contributed by atoms with Gasteiger partial charge in [-0.3, -0.25) is 4.79 Å². The van der Waals surface area contributed by atoms with Crippen molar-refractivity contribution in [2.45, 2.75) is 13.8 Å². The molecule has 0 unspecified atom stereocenters. The number of hydrogen-bond acceptors (Lipinski definition) is 5. The summed E-state index contributed by atoms with van der Waals surface area (Å²) in [5.74, 6) is -1.40. The Balaban J connectivity index is 3.27. The van der Waals surface area contributed by atoms with Crippen LogP contribution in [0.4, 0.5) is 5.69 Å². The zero-order valence-corrected chi connectivity index (χ0v) is 11.3. The number of carbonyl (C=O) groups is 2. The van der Waals surface area contributed by atoms with E-state index in [1.54, 1.807) is 13.8 Å². The Morgan fingerprint density at radius 1 is 1.16 bits per heavy atom. The summed E-state index contributed by atoms with van der Waals surface area (Å²) >= 11 is 0. The molecule has 0 aliphatic rings. The summed E-state index contributed by atoms with van der Waals surface area (Å²) in [4.78, 5) is 22.7. The van der Waals surface area contributed by atoms with Crippen LogP contribution in [0.5, 0.6) is 11.5 Å². The number of anilines is 1. The van der Waals surface area contributed by atoms with Gasteiger partial charge in [0.1, 0.15) is 0 Å². The summed E-state index contributed by atoms with van der Waals surface area (Å²) in [7, 11) is 2.81. The molecule has 1 amide bonds. The third kappa shape index (κ3) is 3.37. The van der Waals surface area contributed by atoms with E-state index in [9.17, 15) is 14.7 Å². The predicted octanol–water partition coefficient (Wildman–Crippen LogP) is 0.662. The number of rotatable bonds is 5. The number of amides is 1. The molecule has 0 bridgehead atoms. The Morgan fingerprint density at radius 3 is 2.11 bits per heavy atom. The lowest BCUT2D eigenvalue weighted by molar-refractivity contribution is -0.254. The summed E-state index contributed by atoms with van der Waals surface area (Å²) in [5.41, 5.74) is -0.0389. The van der Waals surface area contributed by atoms with Gasteiger partial charge < -0.3 is 24.7 Å². The predicted molar refractivity (Wildman–Crippen MR) is 67.3 cm³/mol. The molecular weight excluding hydrogens is 250 g/mol. The van der Waals surface area contributed by atoms with E-state index in [0.29, 0.717) is 5.75 Å². The van der Waals surface area contributed by atoms with Gasteiger partial charge in [0.25, 0.3) is 0 Å². The Kier molecular flexibility index (Phi) is 4.74. The number of carbonyl (C=O) groups excluding carboxylic acids is 2. The first-order chi connectivity index (χ1) is 8.90. The molecule has 0 heterocycles. The number of benzene rings is 1. The average Bonchev–Trinajstić information content (AvgIpc) is 2.37. The molecular formula is C13H16NO5-. The van der Waals surface area contributed by atoms with Gasteiger partial charge in [-0.05, 0) is 6.07 Å². The number of aromatic carboxylic acids is 1. The van der Waals surface area contributed by atoms with Crippen LogP contribution < -0.4 is 19.9 Å². The lowest BCUT2D eigenvalue weighted by Gasteiger charge is -2.17. The minimum Gasteiger partial charge on any atom is -0.545 e. The van der Waals surface area contributed by atoms with Gasteiger partial charge in [-0.15, -0.1) is 0 Å². The van der Waals surface area contributed by atoms with Crippen molar-refractivity contribution in [3.05, 3.63) is 17.7 Å². The normalized spacial score (nSPS) is 10.2. The number of ether oxygens (including phenoxy) is 2. The van der Waals surface area contributed by atoms with Crippen LogP contribution in [0.15, 0.2) is 12.1 Å². The van der Waals surface area contributed by atoms with Crippen LogP contribution in [0.2, 0.25) is 0 Å². The van der Waals surface area contributed by atoms with Crippen molar-refractivity contribution in [1.29, 1.82) is 0 Å². The fraction of sp³-hybridized carbons (Fsp3) is 0.385. The van der Waals surface area contributed by atoms with Gasteiger partial charge in [-0.1, -0.05) is 13.8 Å². The van der Waals surface area contributed by atoms with Crippen molar-refractivity contribution in [1.82, 2.24) is 0 Å². The maximum Gasteiger partial charge on any atom is 0.226 e. The molecule has 0 fully saturated rings. The molecule has 0 aliphatic carbocycles. The molecule has 0 atom stereocenters. The van der Waals surface area contributed by atoms with E-state index >= 15 is 0 Å². The van der Waals surface area contributed by atoms with Crippen LogP contribution >= 0.6 is 0 Å². The summed E-state index contributed by atoms with van der Waals surface area (Å²) < 4.78 is 10.1. The van der Waals surface area contributed by atoms with E-state index in [2.05, 4.69) is 5.32 Å². The highest BCUT2D eigenvalue weighted by Gasteiger charge is 2.15. The second-order valence-electron chi connectivity index (χ2n) is 4.18. The third-order valence-electron chi connectivity index (χ3n) is 2.53. The fourth-order valence-corrected chi connectivity index (χ4v) is 1.43. The first-order valence-electron chi connectivity index (χ1n) is 5.69. The zero-order valence-electron chi connectivity index (χ0n) is 11.3. The monoisotopic (exact) mass is 266 g/mol. The molecule has 0 spiro atoms. The van der Waals surface area contributed by atoms with E-state index < -0.39 is 5.97 Å². The molecule has 0 aliphatic heterocycles. The van der Waals surface area contributed by atoms with Crippen molar-refractivity contribution in [2.24, 2.45) is 5.92 Å². The zero-order chi connectivity index (χ0) is 14.6. The minimum atomic E-state index is -1.40. The summed E-state index contributed by atoms with van der Waals surface area (Å²) in [6.07, 6.45) is 0. The van der Waals surface area contributed by atoms with Crippen molar-refractivity contribution >= 4 is 17.6 Å². The van der Waals surface area contributed by atoms with E-state index in [4.69, 9.17) is 9.47 Å².